The summed E-state index contributed by atoms with van der Waals surface area (Å²) in [6, 6.07) is 6.85. The van der Waals surface area contributed by atoms with Crippen LogP contribution in [0, 0.1) is 11.3 Å². The summed E-state index contributed by atoms with van der Waals surface area (Å²) in [6.45, 7) is 6.26. The van der Waals surface area contributed by atoms with Crippen LogP contribution in [0.25, 0.3) is 0 Å². The number of fused-ring (bicyclic) bond motifs is 2. The fraction of sp³-hybridized carbons (Fsp3) is 0.684. The molecule has 1 N–H and O–H groups in total. The van der Waals surface area contributed by atoms with Crippen LogP contribution in [-0.2, 0) is 11.8 Å². The van der Waals surface area contributed by atoms with Crippen molar-refractivity contribution < 1.29 is 5.11 Å². The molecule has 2 fully saturated rings. The molecule has 0 bridgehead atoms. The van der Waals surface area contributed by atoms with Gasteiger partial charge in [-0.1, -0.05) is 26.3 Å². The molecule has 2 aliphatic carbocycles. The number of hydrogen-bond acceptors (Lipinski definition) is 2. The second-order valence-corrected chi connectivity index (χ2v) is 8.03. The summed E-state index contributed by atoms with van der Waals surface area (Å²) in [4.78, 5) is 2.62. The van der Waals surface area contributed by atoms with E-state index >= 15 is 0 Å². The first-order valence-electron chi connectivity index (χ1n) is 8.49. The number of phenols is 1. The third-order valence-electron chi connectivity index (χ3n) is 7.41. The molecular formula is C19H27NO. The van der Waals surface area contributed by atoms with E-state index in [0.717, 1.165) is 18.4 Å². The second kappa shape index (κ2) is 4.25. The summed E-state index contributed by atoms with van der Waals surface area (Å²) < 4.78 is 0. The minimum Gasteiger partial charge on any atom is -0.508 e. The van der Waals surface area contributed by atoms with Crippen LogP contribution in [0.3, 0.4) is 0 Å². The third kappa shape index (κ3) is 1.57. The van der Waals surface area contributed by atoms with Crippen molar-refractivity contribution in [3.05, 3.63) is 29.3 Å². The predicted molar refractivity (Wildman–Crippen MR) is 85.6 cm³/mol. The van der Waals surface area contributed by atoms with Crippen molar-refractivity contribution in [2.24, 2.45) is 11.3 Å². The Labute approximate surface area is 128 Å². The van der Waals surface area contributed by atoms with Gasteiger partial charge in [-0.2, -0.15) is 0 Å². The lowest BCUT2D eigenvalue weighted by Gasteiger charge is -2.66. The highest BCUT2D eigenvalue weighted by molar-refractivity contribution is 5.45. The van der Waals surface area contributed by atoms with Crippen molar-refractivity contribution in [1.29, 1.82) is 0 Å². The van der Waals surface area contributed by atoms with E-state index in [2.05, 4.69) is 31.9 Å². The van der Waals surface area contributed by atoms with Crippen LogP contribution in [-0.4, -0.2) is 29.6 Å². The van der Waals surface area contributed by atoms with Crippen molar-refractivity contribution in [3.8, 4) is 5.75 Å². The van der Waals surface area contributed by atoms with E-state index in [-0.39, 0.29) is 5.41 Å². The molecule has 2 nitrogen and oxygen atoms in total. The van der Waals surface area contributed by atoms with Gasteiger partial charge in [0.25, 0.3) is 0 Å². The Morgan fingerprint density at radius 1 is 1.24 bits per heavy atom. The van der Waals surface area contributed by atoms with Gasteiger partial charge in [-0.25, -0.2) is 0 Å². The standard InChI is InChI=1S/C19H27NO/c1-18-9-10-20(3)17-6-4-5-14(19(17,18)2)11-13-12-15(21)7-8-16(13)18/h7-8,12,14,17,21H,4-6,9-11H2,1-3H3/t14?,17?,18-,19?/m1/s1. The normalized spacial score (nSPS) is 42.2. The van der Waals surface area contributed by atoms with Gasteiger partial charge in [0.1, 0.15) is 5.75 Å². The van der Waals surface area contributed by atoms with Gasteiger partial charge >= 0.3 is 0 Å². The Hall–Kier alpha value is -1.02. The van der Waals surface area contributed by atoms with E-state index in [1.807, 2.05) is 12.1 Å². The van der Waals surface area contributed by atoms with Crippen molar-refractivity contribution in [3.63, 3.8) is 0 Å². The molecule has 114 valence electrons. The molecule has 4 rings (SSSR count). The van der Waals surface area contributed by atoms with Crippen molar-refractivity contribution in [1.82, 2.24) is 4.90 Å². The molecule has 4 atom stereocenters. The highest BCUT2D eigenvalue weighted by atomic mass is 16.3. The molecule has 21 heavy (non-hydrogen) atoms. The van der Waals surface area contributed by atoms with Crippen molar-refractivity contribution >= 4 is 0 Å². The molecule has 3 unspecified atom stereocenters. The van der Waals surface area contributed by atoms with Crippen LogP contribution >= 0.6 is 0 Å². The number of rotatable bonds is 0. The van der Waals surface area contributed by atoms with Gasteiger partial charge in [0.2, 0.25) is 0 Å². The second-order valence-electron chi connectivity index (χ2n) is 8.03. The number of nitrogens with zero attached hydrogens (tertiary/aromatic N) is 1. The number of hydrogen-bond donors (Lipinski definition) is 1. The SMILES string of the molecule is CN1CC[C@]2(C)c3ccc(O)cc3CC3CCCC1C32C. The van der Waals surface area contributed by atoms with Crippen molar-refractivity contribution in [2.45, 2.75) is 57.4 Å². The van der Waals surface area contributed by atoms with E-state index in [1.54, 1.807) is 0 Å². The van der Waals surface area contributed by atoms with Gasteiger partial charge in [-0.3, -0.25) is 0 Å². The molecule has 0 spiro atoms. The molecule has 1 saturated carbocycles. The molecule has 1 aromatic rings. The van der Waals surface area contributed by atoms with Gasteiger partial charge in [-0.05, 0) is 73.9 Å². The van der Waals surface area contributed by atoms with E-state index in [4.69, 9.17) is 0 Å². The topological polar surface area (TPSA) is 23.5 Å². The van der Waals surface area contributed by atoms with Crippen molar-refractivity contribution in [2.75, 3.05) is 13.6 Å². The maximum absolute atomic E-state index is 9.89. The van der Waals surface area contributed by atoms with Crippen LogP contribution in [0.5, 0.6) is 5.75 Å². The predicted octanol–water partition coefficient (Wildman–Crippen LogP) is 3.72. The fourth-order valence-electron chi connectivity index (χ4n) is 6.04. The first kappa shape index (κ1) is 13.6. The smallest absolute Gasteiger partial charge is 0.115 e. The summed E-state index contributed by atoms with van der Waals surface area (Å²) in [5.74, 6) is 1.19. The molecule has 0 aromatic heterocycles. The number of piperidine rings is 1. The molecule has 0 amide bonds. The lowest BCUT2D eigenvalue weighted by atomic mass is 9.43. The number of likely N-dealkylation sites (tertiary alicyclic amines) is 1. The summed E-state index contributed by atoms with van der Waals surface area (Å²) >= 11 is 0. The lowest BCUT2D eigenvalue weighted by Crippen LogP contribution is -2.66. The Morgan fingerprint density at radius 2 is 2.05 bits per heavy atom. The Kier molecular flexibility index (Phi) is 2.76. The molecule has 1 aliphatic heterocycles. The fourth-order valence-corrected chi connectivity index (χ4v) is 6.04. The van der Waals surface area contributed by atoms with E-state index in [0.29, 0.717) is 11.2 Å². The molecular weight excluding hydrogens is 258 g/mol. The average molecular weight is 285 g/mol. The maximum atomic E-state index is 9.89. The van der Waals surface area contributed by atoms with Gasteiger partial charge < -0.3 is 10.0 Å². The zero-order chi connectivity index (χ0) is 14.8. The largest absolute Gasteiger partial charge is 0.508 e. The Morgan fingerprint density at radius 3 is 2.86 bits per heavy atom. The highest BCUT2D eigenvalue weighted by Gasteiger charge is 2.61. The quantitative estimate of drug-likeness (QED) is 0.785. The van der Waals surface area contributed by atoms with Crippen LogP contribution in [0.1, 0.15) is 50.7 Å². The molecule has 1 aromatic carbocycles. The maximum Gasteiger partial charge on any atom is 0.115 e. The van der Waals surface area contributed by atoms with Crippen LogP contribution in [0.4, 0.5) is 0 Å². The van der Waals surface area contributed by atoms with E-state index in [9.17, 15) is 5.11 Å². The van der Waals surface area contributed by atoms with Crippen LogP contribution in [0.15, 0.2) is 18.2 Å². The average Bonchev–Trinajstić information content (AvgIpc) is 2.44. The Balaban J connectivity index is 1.93. The van der Waals surface area contributed by atoms with E-state index < -0.39 is 0 Å². The van der Waals surface area contributed by atoms with Gasteiger partial charge in [0.15, 0.2) is 0 Å². The summed E-state index contributed by atoms with van der Waals surface area (Å²) in [6.07, 6.45) is 6.46. The number of benzene rings is 1. The summed E-state index contributed by atoms with van der Waals surface area (Å²) in [5, 5.41) is 9.89. The monoisotopic (exact) mass is 285 g/mol. The third-order valence-corrected chi connectivity index (χ3v) is 7.41. The first-order valence-corrected chi connectivity index (χ1v) is 8.49. The summed E-state index contributed by atoms with van der Waals surface area (Å²) in [7, 11) is 2.32. The minimum atomic E-state index is 0.260. The molecule has 0 radical (unpaired) electrons. The Bertz CT molecular complexity index is 583. The number of phenolic OH excluding ortho intramolecular Hbond substituents is 1. The first-order chi connectivity index (χ1) is 9.97. The van der Waals surface area contributed by atoms with Crippen LogP contribution in [0.2, 0.25) is 0 Å². The van der Waals surface area contributed by atoms with Gasteiger partial charge in [-0.15, -0.1) is 0 Å². The lowest BCUT2D eigenvalue weighted by molar-refractivity contribution is -0.102. The zero-order valence-electron chi connectivity index (χ0n) is 13.5. The minimum absolute atomic E-state index is 0.260. The molecule has 2 heteroatoms. The van der Waals surface area contributed by atoms with Gasteiger partial charge in [0.05, 0.1) is 0 Å². The van der Waals surface area contributed by atoms with E-state index in [1.165, 1.54) is 43.4 Å². The van der Waals surface area contributed by atoms with Gasteiger partial charge in [0, 0.05) is 11.5 Å². The zero-order valence-corrected chi connectivity index (χ0v) is 13.5. The highest BCUT2D eigenvalue weighted by Crippen LogP contribution is 2.63. The number of aromatic hydroxyl groups is 1. The molecule has 1 saturated heterocycles. The molecule has 1 heterocycles. The van der Waals surface area contributed by atoms with Crippen LogP contribution < -0.4 is 0 Å². The molecule has 3 aliphatic rings. The summed E-state index contributed by atoms with van der Waals surface area (Å²) in [5.41, 5.74) is 3.56.